The molecule has 1 amide bonds. The van der Waals surface area contributed by atoms with Crippen LogP contribution in [0.5, 0.6) is 0 Å². The average molecular weight is 415 g/mol. The van der Waals surface area contributed by atoms with Gasteiger partial charge in [-0.05, 0) is 43.5 Å². The van der Waals surface area contributed by atoms with Crippen molar-refractivity contribution in [3.63, 3.8) is 0 Å². The fourth-order valence-electron chi connectivity index (χ4n) is 2.53. The zero-order valence-electron chi connectivity index (χ0n) is 12.4. The lowest BCUT2D eigenvalue weighted by Gasteiger charge is -2.39. The van der Waals surface area contributed by atoms with Crippen molar-refractivity contribution in [2.75, 3.05) is 6.26 Å². The predicted molar refractivity (Wildman–Crippen MR) is 94.9 cm³/mol. The summed E-state index contributed by atoms with van der Waals surface area (Å²) in [6, 6.07) is 7.66. The number of amides is 1. The molecule has 1 saturated carbocycles. The summed E-state index contributed by atoms with van der Waals surface area (Å²) in [5.41, 5.74) is 0.844. The molecule has 122 valence electrons. The van der Waals surface area contributed by atoms with E-state index in [1.807, 2.05) is 24.3 Å². The highest BCUT2D eigenvalue weighted by Gasteiger charge is 2.46. The molecule has 1 aromatic heterocycles. The Bertz CT molecular complexity index is 879. The molecule has 0 spiro atoms. The Morgan fingerprint density at radius 1 is 1.35 bits per heavy atom. The molecular formula is C15H15BrN2O3S2. The molecule has 0 radical (unpaired) electrons. The number of pyridine rings is 1. The molecule has 1 aromatic carbocycles. The summed E-state index contributed by atoms with van der Waals surface area (Å²) < 4.78 is 25.1. The smallest absolute Gasteiger partial charge is 0.250 e. The highest BCUT2D eigenvalue weighted by Crippen LogP contribution is 2.49. The van der Waals surface area contributed by atoms with Crippen LogP contribution in [-0.2, 0) is 14.8 Å². The second kappa shape index (κ2) is 6.07. The fraction of sp³-hybridized carbons (Fsp3) is 0.333. The lowest BCUT2D eigenvalue weighted by atomic mass is 9.84. The van der Waals surface area contributed by atoms with Crippen LogP contribution in [0.1, 0.15) is 19.3 Å². The number of benzene rings is 1. The monoisotopic (exact) mass is 414 g/mol. The lowest BCUT2D eigenvalue weighted by molar-refractivity contribution is -0.123. The zero-order valence-corrected chi connectivity index (χ0v) is 15.6. The third-order valence-electron chi connectivity index (χ3n) is 3.82. The third-order valence-corrected chi connectivity index (χ3v) is 6.43. The van der Waals surface area contributed by atoms with E-state index in [1.165, 1.54) is 11.8 Å². The average Bonchev–Trinajstić information content (AvgIpc) is 2.41. The molecule has 0 bridgehead atoms. The van der Waals surface area contributed by atoms with Crippen LogP contribution in [0.4, 0.5) is 0 Å². The van der Waals surface area contributed by atoms with Gasteiger partial charge in [-0.1, -0.05) is 15.9 Å². The molecule has 0 atom stereocenters. The van der Waals surface area contributed by atoms with E-state index < -0.39 is 20.7 Å². The van der Waals surface area contributed by atoms with Gasteiger partial charge in [0, 0.05) is 21.0 Å². The number of thioether (sulfide) groups is 1. The van der Waals surface area contributed by atoms with Gasteiger partial charge in [-0.15, -0.1) is 11.8 Å². The number of carbonyl (C=O) groups excluding carboxylic acids is 1. The molecule has 5 nitrogen and oxygen atoms in total. The van der Waals surface area contributed by atoms with Crippen LogP contribution in [0.2, 0.25) is 0 Å². The Balaban J connectivity index is 1.96. The fourth-order valence-corrected chi connectivity index (χ4v) is 4.95. The summed E-state index contributed by atoms with van der Waals surface area (Å²) in [6.45, 7) is 0. The van der Waals surface area contributed by atoms with Crippen LogP contribution in [0, 0.1) is 0 Å². The van der Waals surface area contributed by atoms with E-state index in [1.54, 1.807) is 6.20 Å². The molecule has 1 aliphatic carbocycles. The Labute approximate surface area is 147 Å². The first kappa shape index (κ1) is 16.7. The Hall–Kier alpha value is -1.12. The first-order valence-electron chi connectivity index (χ1n) is 7.05. The van der Waals surface area contributed by atoms with Gasteiger partial charge in [-0.25, -0.2) is 8.42 Å². The molecule has 8 heteroatoms. The molecular weight excluding hydrogens is 400 g/mol. The number of aromatic nitrogens is 1. The van der Waals surface area contributed by atoms with Crippen LogP contribution in [-0.4, -0.2) is 30.3 Å². The van der Waals surface area contributed by atoms with Gasteiger partial charge in [0.1, 0.15) is 4.75 Å². The maximum atomic E-state index is 12.4. The maximum absolute atomic E-state index is 12.4. The van der Waals surface area contributed by atoms with Crippen molar-refractivity contribution in [3.05, 3.63) is 34.9 Å². The highest BCUT2D eigenvalue weighted by molar-refractivity contribution is 9.10. The second-order valence-corrected chi connectivity index (χ2v) is 9.71. The molecule has 23 heavy (non-hydrogen) atoms. The quantitative estimate of drug-likeness (QED) is 0.831. The van der Waals surface area contributed by atoms with Gasteiger partial charge in [0.25, 0.3) is 0 Å². The van der Waals surface area contributed by atoms with Crippen LogP contribution >= 0.6 is 27.7 Å². The lowest BCUT2D eigenvalue weighted by Crippen LogP contribution is -2.50. The van der Waals surface area contributed by atoms with Crippen molar-refractivity contribution < 1.29 is 13.2 Å². The van der Waals surface area contributed by atoms with Gasteiger partial charge in [0.05, 0.1) is 11.8 Å². The van der Waals surface area contributed by atoms with Gasteiger partial charge in [-0.2, -0.15) is 0 Å². The number of hydrogen-bond acceptors (Lipinski definition) is 5. The summed E-state index contributed by atoms with van der Waals surface area (Å²) in [6.07, 6.45) is 4.95. The van der Waals surface area contributed by atoms with Gasteiger partial charge in [0.15, 0.2) is 0 Å². The normalized spacial score (nSPS) is 16.8. The summed E-state index contributed by atoms with van der Waals surface area (Å²) >= 11 is 4.88. The van der Waals surface area contributed by atoms with Crippen molar-refractivity contribution in [3.8, 4) is 0 Å². The molecule has 1 fully saturated rings. The van der Waals surface area contributed by atoms with E-state index in [2.05, 4.69) is 25.6 Å². The van der Waals surface area contributed by atoms with Gasteiger partial charge in [-0.3, -0.25) is 14.5 Å². The predicted octanol–water partition coefficient (Wildman–Crippen LogP) is 3.09. The van der Waals surface area contributed by atoms with Gasteiger partial charge in [0.2, 0.25) is 15.9 Å². The molecule has 1 aliphatic rings. The van der Waals surface area contributed by atoms with E-state index >= 15 is 0 Å². The van der Waals surface area contributed by atoms with Crippen molar-refractivity contribution in [2.24, 2.45) is 0 Å². The molecule has 0 saturated heterocycles. The largest absolute Gasteiger partial charge is 0.272 e. The molecule has 0 unspecified atom stereocenters. The number of nitrogens with zero attached hydrogens (tertiary/aromatic N) is 1. The molecule has 3 rings (SSSR count). The maximum Gasteiger partial charge on any atom is 0.250 e. The minimum atomic E-state index is -3.56. The minimum Gasteiger partial charge on any atom is -0.272 e. The zero-order chi connectivity index (χ0) is 16.7. The minimum absolute atomic E-state index is 0.434. The second-order valence-electron chi connectivity index (χ2n) is 5.62. The Kier molecular flexibility index (Phi) is 4.41. The Morgan fingerprint density at radius 2 is 2.09 bits per heavy atom. The van der Waals surface area contributed by atoms with E-state index in [0.717, 1.165) is 32.9 Å². The summed E-state index contributed by atoms with van der Waals surface area (Å²) in [5, 5.41) is 0.949. The van der Waals surface area contributed by atoms with Crippen molar-refractivity contribution in [1.29, 1.82) is 0 Å². The number of fused-ring (bicyclic) bond motifs is 1. The number of halogens is 1. The molecule has 2 aromatic rings. The van der Waals surface area contributed by atoms with Crippen molar-refractivity contribution >= 4 is 54.5 Å². The Morgan fingerprint density at radius 3 is 2.70 bits per heavy atom. The van der Waals surface area contributed by atoms with Crippen molar-refractivity contribution in [1.82, 2.24) is 9.71 Å². The van der Waals surface area contributed by atoms with Crippen LogP contribution in [0.15, 0.2) is 39.8 Å². The third kappa shape index (κ3) is 3.54. The van der Waals surface area contributed by atoms with Gasteiger partial charge < -0.3 is 0 Å². The van der Waals surface area contributed by atoms with Crippen LogP contribution in [0.3, 0.4) is 0 Å². The van der Waals surface area contributed by atoms with Crippen LogP contribution < -0.4 is 4.72 Å². The topological polar surface area (TPSA) is 76.1 Å². The standard InChI is InChI=1S/C15H15BrN2O3S2/c1-23(20,21)18-14(19)15(6-2-7-15)22-13-5-8-17-12-4-3-10(16)9-11(12)13/h3-5,8-9H,2,6-7H2,1H3,(H,18,19). The van der Waals surface area contributed by atoms with E-state index in [0.29, 0.717) is 12.8 Å². The van der Waals surface area contributed by atoms with E-state index in [4.69, 9.17) is 0 Å². The highest BCUT2D eigenvalue weighted by atomic mass is 79.9. The van der Waals surface area contributed by atoms with E-state index in [9.17, 15) is 13.2 Å². The number of nitrogens with one attached hydrogen (secondary N) is 1. The number of hydrogen-bond donors (Lipinski definition) is 1. The number of sulfonamides is 1. The van der Waals surface area contributed by atoms with Crippen LogP contribution in [0.25, 0.3) is 10.9 Å². The number of carbonyl (C=O) groups is 1. The molecule has 1 N–H and O–H groups in total. The molecule has 0 aliphatic heterocycles. The molecule has 1 heterocycles. The summed E-state index contributed by atoms with van der Waals surface area (Å²) in [4.78, 5) is 17.7. The summed E-state index contributed by atoms with van der Waals surface area (Å²) in [5.74, 6) is -0.434. The SMILES string of the molecule is CS(=O)(=O)NC(=O)C1(Sc2ccnc3ccc(Br)cc23)CCC1. The van der Waals surface area contributed by atoms with Gasteiger partial charge >= 0.3 is 0 Å². The summed E-state index contributed by atoms with van der Waals surface area (Å²) in [7, 11) is -3.56. The number of rotatable bonds is 4. The first-order valence-corrected chi connectivity index (χ1v) is 10.5. The first-order chi connectivity index (χ1) is 10.8. The van der Waals surface area contributed by atoms with Crippen molar-refractivity contribution in [2.45, 2.75) is 28.9 Å². The van der Waals surface area contributed by atoms with E-state index in [-0.39, 0.29) is 0 Å².